The van der Waals surface area contributed by atoms with Gasteiger partial charge < -0.3 is 10.0 Å². The highest BCUT2D eigenvalue weighted by Crippen LogP contribution is 2.33. The van der Waals surface area contributed by atoms with Crippen LogP contribution in [0.25, 0.3) is 0 Å². The molecule has 1 unspecified atom stereocenters. The highest BCUT2D eigenvalue weighted by molar-refractivity contribution is 5.77. The van der Waals surface area contributed by atoms with E-state index in [0.717, 1.165) is 25.7 Å². The van der Waals surface area contributed by atoms with Crippen molar-refractivity contribution in [1.29, 1.82) is 0 Å². The fourth-order valence-electron chi connectivity index (χ4n) is 2.77. The largest absolute Gasteiger partial charge is 0.394 e. The number of nitrogens with zero attached hydrogens (tertiary/aromatic N) is 5. The molecule has 1 fully saturated rings. The lowest BCUT2D eigenvalue weighted by Gasteiger charge is -2.37. The molecule has 0 bridgehead atoms. The molecular weight excluding hydrogens is 234 g/mol. The van der Waals surface area contributed by atoms with Gasteiger partial charge in [0.2, 0.25) is 5.91 Å². The first kappa shape index (κ1) is 12.9. The Hall–Kier alpha value is -1.50. The van der Waals surface area contributed by atoms with Gasteiger partial charge in [0, 0.05) is 6.54 Å². The van der Waals surface area contributed by atoms with Crippen molar-refractivity contribution < 1.29 is 9.90 Å². The van der Waals surface area contributed by atoms with Gasteiger partial charge in [0.15, 0.2) is 0 Å². The molecule has 1 aromatic rings. The second kappa shape index (κ2) is 5.43. The number of aromatic nitrogens is 4. The fraction of sp³-hybridized carbons (Fsp3) is 0.818. The molecule has 2 rings (SSSR count). The quantitative estimate of drug-likeness (QED) is 0.787. The zero-order valence-electron chi connectivity index (χ0n) is 10.6. The molecule has 100 valence electrons. The fourth-order valence-corrected chi connectivity index (χ4v) is 2.77. The number of hydrogen-bond acceptors (Lipinski definition) is 5. The summed E-state index contributed by atoms with van der Waals surface area (Å²) < 4.78 is 1.41. The standard InChI is InChI=1S/C11H19N5O2/c1-2-4-11(8-17)5-3-6-16(11)10(18)7-15-9-12-13-14-15/h9,17H,2-8H2,1H3. The summed E-state index contributed by atoms with van der Waals surface area (Å²) in [5.41, 5.74) is -0.375. The number of likely N-dealkylation sites (tertiary alicyclic amines) is 1. The van der Waals surface area contributed by atoms with Gasteiger partial charge in [-0.2, -0.15) is 0 Å². The Morgan fingerprint density at radius 1 is 1.56 bits per heavy atom. The smallest absolute Gasteiger partial charge is 0.244 e. The lowest BCUT2D eigenvalue weighted by molar-refractivity contribution is -0.138. The van der Waals surface area contributed by atoms with E-state index in [-0.39, 0.29) is 24.6 Å². The van der Waals surface area contributed by atoms with Crippen molar-refractivity contribution in [1.82, 2.24) is 25.1 Å². The van der Waals surface area contributed by atoms with E-state index in [1.165, 1.54) is 11.0 Å². The predicted octanol–water partition coefficient (Wildman–Crippen LogP) is -0.173. The van der Waals surface area contributed by atoms with Gasteiger partial charge in [0.1, 0.15) is 12.9 Å². The Morgan fingerprint density at radius 3 is 3.00 bits per heavy atom. The van der Waals surface area contributed by atoms with Gasteiger partial charge in [-0.25, -0.2) is 4.68 Å². The van der Waals surface area contributed by atoms with Gasteiger partial charge in [0.25, 0.3) is 0 Å². The topological polar surface area (TPSA) is 84.1 Å². The number of aliphatic hydroxyl groups excluding tert-OH is 1. The van der Waals surface area contributed by atoms with E-state index in [9.17, 15) is 9.90 Å². The Balaban J connectivity index is 2.08. The molecule has 2 heterocycles. The molecule has 0 spiro atoms. The Kier molecular flexibility index (Phi) is 3.90. The van der Waals surface area contributed by atoms with E-state index < -0.39 is 0 Å². The van der Waals surface area contributed by atoms with Crippen LogP contribution in [0.1, 0.15) is 32.6 Å². The number of carbonyl (C=O) groups excluding carboxylic acids is 1. The molecule has 7 heteroatoms. The molecule has 1 N–H and O–H groups in total. The highest BCUT2D eigenvalue weighted by Gasteiger charge is 2.42. The van der Waals surface area contributed by atoms with Crippen LogP contribution in [0.2, 0.25) is 0 Å². The highest BCUT2D eigenvalue weighted by atomic mass is 16.3. The monoisotopic (exact) mass is 253 g/mol. The van der Waals surface area contributed by atoms with Crippen LogP contribution < -0.4 is 0 Å². The van der Waals surface area contributed by atoms with Crippen LogP contribution >= 0.6 is 0 Å². The minimum atomic E-state index is -0.375. The lowest BCUT2D eigenvalue weighted by atomic mass is 9.91. The van der Waals surface area contributed by atoms with Crippen LogP contribution in [0.5, 0.6) is 0 Å². The maximum absolute atomic E-state index is 12.3. The summed E-state index contributed by atoms with van der Waals surface area (Å²) in [6.07, 6.45) is 5.04. The van der Waals surface area contributed by atoms with Crippen LogP contribution in [-0.2, 0) is 11.3 Å². The molecule has 7 nitrogen and oxygen atoms in total. The van der Waals surface area contributed by atoms with E-state index in [1.54, 1.807) is 4.90 Å². The van der Waals surface area contributed by atoms with Crippen LogP contribution in [0.3, 0.4) is 0 Å². The maximum Gasteiger partial charge on any atom is 0.244 e. The summed E-state index contributed by atoms with van der Waals surface area (Å²) in [7, 11) is 0. The number of aliphatic hydroxyl groups is 1. The van der Waals surface area contributed by atoms with Crippen molar-refractivity contribution in [3.63, 3.8) is 0 Å². The first-order valence-electron chi connectivity index (χ1n) is 6.34. The van der Waals surface area contributed by atoms with Crippen molar-refractivity contribution in [2.75, 3.05) is 13.2 Å². The maximum atomic E-state index is 12.3. The van der Waals surface area contributed by atoms with E-state index >= 15 is 0 Å². The van der Waals surface area contributed by atoms with E-state index in [2.05, 4.69) is 22.4 Å². The minimum Gasteiger partial charge on any atom is -0.394 e. The zero-order chi connectivity index (χ0) is 13.0. The molecule has 0 saturated carbocycles. The predicted molar refractivity (Wildman–Crippen MR) is 63.5 cm³/mol. The summed E-state index contributed by atoms with van der Waals surface area (Å²) >= 11 is 0. The number of hydrogen-bond donors (Lipinski definition) is 1. The Morgan fingerprint density at radius 2 is 2.39 bits per heavy atom. The first-order chi connectivity index (χ1) is 8.72. The molecule has 1 atom stereocenters. The second-order valence-electron chi connectivity index (χ2n) is 4.79. The summed E-state index contributed by atoms with van der Waals surface area (Å²) in [4.78, 5) is 14.1. The second-order valence-corrected chi connectivity index (χ2v) is 4.79. The molecule has 1 aromatic heterocycles. The lowest BCUT2D eigenvalue weighted by Crippen LogP contribution is -2.51. The van der Waals surface area contributed by atoms with Crippen molar-refractivity contribution in [2.45, 2.75) is 44.7 Å². The zero-order valence-corrected chi connectivity index (χ0v) is 10.6. The number of carbonyl (C=O) groups is 1. The number of rotatable bonds is 5. The SMILES string of the molecule is CCCC1(CO)CCCN1C(=O)Cn1cnnn1. The molecule has 0 aliphatic carbocycles. The number of tetrazole rings is 1. The average molecular weight is 253 g/mol. The molecule has 0 aromatic carbocycles. The third-order valence-corrected chi connectivity index (χ3v) is 3.60. The average Bonchev–Trinajstić information content (AvgIpc) is 2.99. The van der Waals surface area contributed by atoms with Gasteiger partial charge >= 0.3 is 0 Å². The molecular formula is C11H19N5O2. The first-order valence-corrected chi connectivity index (χ1v) is 6.34. The third kappa shape index (κ3) is 2.35. The van der Waals surface area contributed by atoms with Crippen LogP contribution in [0.4, 0.5) is 0 Å². The van der Waals surface area contributed by atoms with Crippen molar-refractivity contribution in [3.8, 4) is 0 Å². The van der Waals surface area contributed by atoms with Gasteiger partial charge in [-0.15, -0.1) is 5.10 Å². The van der Waals surface area contributed by atoms with E-state index in [0.29, 0.717) is 6.54 Å². The summed E-state index contributed by atoms with van der Waals surface area (Å²) in [5.74, 6) is -0.0256. The minimum absolute atomic E-state index is 0.0256. The summed E-state index contributed by atoms with van der Waals surface area (Å²) in [6.45, 7) is 2.95. The van der Waals surface area contributed by atoms with E-state index in [4.69, 9.17) is 0 Å². The van der Waals surface area contributed by atoms with Crippen LogP contribution in [0, 0.1) is 0 Å². The molecule has 1 aliphatic heterocycles. The van der Waals surface area contributed by atoms with Crippen molar-refractivity contribution in [2.24, 2.45) is 0 Å². The van der Waals surface area contributed by atoms with Gasteiger partial charge in [-0.1, -0.05) is 13.3 Å². The molecule has 18 heavy (non-hydrogen) atoms. The van der Waals surface area contributed by atoms with Crippen LogP contribution in [0.15, 0.2) is 6.33 Å². The molecule has 1 saturated heterocycles. The van der Waals surface area contributed by atoms with Gasteiger partial charge in [0.05, 0.1) is 12.1 Å². The van der Waals surface area contributed by atoms with Gasteiger partial charge in [-0.3, -0.25) is 4.79 Å². The third-order valence-electron chi connectivity index (χ3n) is 3.60. The van der Waals surface area contributed by atoms with Crippen molar-refractivity contribution in [3.05, 3.63) is 6.33 Å². The van der Waals surface area contributed by atoms with Crippen LogP contribution in [-0.4, -0.2) is 54.8 Å². The summed E-state index contributed by atoms with van der Waals surface area (Å²) in [6, 6.07) is 0. The molecule has 1 aliphatic rings. The Bertz CT molecular complexity index is 394. The molecule has 1 amide bonds. The van der Waals surface area contributed by atoms with Gasteiger partial charge in [-0.05, 0) is 29.7 Å². The molecule has 0 radical (unpaired) electrons. The normalized spacial score (nSPS) is 23.6. The summed E-state index contributed by atoms with van der Waals surface area (Å²) in [5, 5.41) is 20.4. The number of amides is 1. The Labute approximate surface area is 106 Å². The van der Waals surface area contributed by atoms with Crippen molar-refractivity contribution >= 4 is 5.91 Å². The van der Waals surface area contributed by atoms with E-state index in [1.807, 2.05) is 0 Å².